The molecule has 26 heavy (non-hydrogen) atoms. The molecule has 0 aliphatic carbocycles. The SMILES string of the molecule is CCc1nnc(C2C(=N)SC(=Cc3ccc(OCC(N)=O)cc3)C2=O)s1. The van der Waals surface area contributed by atoms with Gasteiger partial charge in [0.2, 0.25) is 0 Å². The molecule has 0 radical (unpaired) electrons. The molecular formula is C17H16N4O3S2. The van der Waals surface area contributed by atoms with E-state index in [0.717, 1.165) is 28.8 Å². The average molecular weight is 388 g/mol. The van der Waals surface area contributed by atoms with Gasteiger partial charge in [0.1, 0.15) is 21.7 Å². The molecule has 0 bridgehead atoms. The maximum atomic E-state index is 12.7. The number of amides is 1. The Balaban J connectivity index is 1.76. The highest BCUT2D eigenvalue weighted by Gasteiger charge is 2.39. The molecule has 1 aromatic carbocycles. The molecule has 1 aliphatic heterocycles. The predicted molar refractivity (Wildman–Crippen MR) is 101 cm³/mol. The van der Waals surface area contributed by atoms with Gasteiger partial charge in [0.05, 0.1) is 9.95 Å². The van der Waals surface area contributed by atoms with Gasteiger partial charge in [-0.3, -0.25) is 15.0 Å². The summed E-state index contributed by atoms with van der Waals surface area (Å²) in [6.07, 6.45) is 2.49. The largest absolute Gasteiger partial charge is 0.484 e. The van der Waals surface area contributed by atoms with E-state index in [1.54, 1.807) is 30.3 Å². The Morgan fingerprint density at radius 1 is 1.35 bits per heavy atom. The summed E-state index contributed by atoms with van der Waals surface area (Å²) < 4.78 is 5.20. The van der Waals surface area contributed by atoms with Crippen molar-refractivity contribution in [3.05, 3.63) is 44.7 Å². The number of rotatable bonds is 6. The molecule has 1 unspecified atom stereocenters. The van der Waals surface area contributed by atoms with E-state index in [1.807, 2.05) is 6.92 Å². The Labute approximate surface area is 158 Å². The lowest BCUT2D eigenvalue weighted by molar-refractivity contribution is -0.120. The van der Waals surface area contributed by atoms with Crippen LogP contribution in [0.4, 0.5) is 0 Å². The number of ketones is 1. The number of primary amides is 1. The summed E-state index contributed by atoms with van der Waals surface area (Å²) in [5.41, 5.74) is 5.83. The average Bonchev–Trinajstić information content (AvgIpc) is 3.19. The molecule has 9 heteroatoms. The van der Waals surface area contributed by atoms with Gasteiger partial charge in [-0.25, -0.2) is 0 Å². The molecule has 1 saturated heterocycles. The Kier molecular flexibility index (Phi) is 5.48. The van der Waals surface area contributed by atoms with Gasteiger partial charge in [-0.1, -0.05) is 30.8 Å². The molecule has 1 atom stereocenters. The third-order valence-electron chi connectivity index (χ3n) is 3.58. The summed E-state index contributed by atoms with van der Waals surface area (Å²) >= 11 is 2.52. The van der Waals surface area contributed by atoms with Crippen LogP contribution in [0.2, 0.25) is 0 Å². The van der Waals surface area contributed by atoms with Crippen molar-refractivity contribution in [1.29, 1.82) is 5.41 Å². The number of hydrogen-bond acceptors (Lipinski definition) is 8. The van der Waals surface area contributed by atoms with E-state index in [1.165, 1.54) is 11.3 Å². The Hall–Kier alpha value is -2.52. The van der Waals surface area contributed by atoms with E-state index >= 15 is 0 Å². The molecule has 2 heterocycles. The lowest BCUT2D eigenvalue weighted by Gasteiger charge is -2.04. The third-order valence-corrected chi connectivity index (χ3v) is 5.70. The Morgan fingerprint density at radius 3 is 2.69 bits per heavy atom. The second kappa shape index (κ2) is 7.79. The molecule has 0 saturated carbocycles. The number of aromatic nitrogens is 2. The van der Waals surface area contributed by atoms with Crippen molar-refractivity contribution in [2.75, 3.05) is 6.61 Å². The van der Waals surface area contributed by atoms with Crippen LogP contribution in [0.5, 0.6) is 5.75 Å². The van der Waals surface area contributed by atoms with E-state index in [0.29, 0.717) is 15.7 Å². The lowest BCUT2D eigenvalue weighted by Crippen LogP contribution is -2.19. The van der Waals surface area contributed by atoms with Gasteiger partial charge < -0.3 is 10.5 Å². The zero-order valence-corrected chi connectivity index (χ0v) is 15.5. The summed E-state index contributed by atoms with van der Waals surface area (Å²) in [6, 6.07) is 6.93. The normalized spacial score (nSPS) is 18.5. The molecule has 0 spiro atoms. The summed E-state index contributed by atoms with van der Waals surface area (Å²) in [7, 11) is 0. The van der Waals surface area contributed by atoms with Gasteiger partial charge in [0, 0.05) is 0 Å². The topological polar surface area (TPSA) is 119 Å². The second-order valence-corrected chi connectivity index (χ2v) is 7.66. The van der Waals surface area contributed by atoms with Gasteiger partial charge in [0.25, 0.3) is 5.91 Å². The quantitative estimate of drug-likeness (QED) is 0.733. The minimum absolute atomic E-state index is 0.132. The van der Waals surface area contributed by atoms with E-state index < -0.39 is 11.8 Å². The van der Waals surface area contributed by atoms with Gasteiger partial charge in [-0.15, -0.1) is 21.5 Å². The number of hydrogen-bond donors (Lipinski definition) is 2. The number of carbonyl (C=O) groups is 2. The van der Waals surface area contributed by atoms with Gasteiger partial charge in [-0.2, -0.15) is 0 Å². The first-order valence-electron chi connectivity index (χ1n) is 7.83. The van der Waals surface area contributed by atoms with Crippen molar-refractivity contribution in [1.82, 2.24) is 10.2 Å². The van der Waals surface area contributed by atoms with E-state index in [-0.39, 0.29) is 17.4 Å². The van der Waals surface area contributed by atoms with Crippen LogP contribution in [0, 0.1) is 5.41 Å². The number of benzene rings is 1. The molecule has 134 valence electrons. The minimum Gasteiger partial charge on any atom is -0.484 e. The molecule has 1 aromatic heterocycles. The number of nitrogens with zero attached hydrogens (tertiary/aromatic N) is 2. The molecule has 2 aromatic rings. The minimum atomic E-state index is -0.651. The van der Waals surface area contributed by atoms with Crippen LogP contribution in [0.3, 0.4) is 0 Å². The van der Waals surface area contributed by atoms with Crippen molar-refractivity contribution in [2.45, 2.75) is 19.3 Å². The van der Waals surface area contributed by atoms with Crippen LogP contribution in [-0.4, -0.2) is 33.5 Å². The maximum absolute atomic E-state index is 12.7. The van der Waals surface area contributed by atoms with E-state index in [2.05, 4.69) is 10.2 Å². The molecule has 3 rings (SSSR count). The first-order valence-corrected chi connectivity index (χ1v) is 9.47. The predicted octanol–water partition coefficient (Wildman–Crippen LogP) is 2.38. The first-order chi connectivity index (χ1) is 12.5. The number of ether oxygens (including phenoxy) is 1. The van der Waals surface area contributed by atoms with E-state index in [4.69, 9.17) is 15.9 Å². The fourth-order valence-electron chi connectivity index (χ4n) is 2.31. The monoisotopic (exact) mass is 388 g/mol. The fourth-order valence-corrected chi connectivity index (χ4v) is 4.26. The van der Waals surface area contributed by atoms with Gasteiger partial charge in [-0.05, 0) is 30.2 Å². The second-order valence-electron chi connectivity index (χ2n) is 5.48. The molecule has 7 nitrogen and oxygen atoms in total. The van der Waals surface area contributed by atoms with E-state index in [9.17, 15) is 9.59 Å². The van der Waals surface area contributed by atoms with Crippen molar-refractivity contribution in [3.63, 3.8) is 0 Å². The molecule has 1 amide bonds. The zero-order chi connectivity index (χ0) is 18.7. The van der Waals surface area contributed by atoms with Crippen molar-refractivity contribution in [3.8, 4) is 5.75 Å². The van der Waals surface area contributed by atoms with Crippen LogP contribution in [0.1, 0.15) is 28.4 Å². The number of carbonyl (C=O) groups excluding carboxylic acids is 2. The standard InChI is InChI=1S/C17H16N4O3S2/c1-2-13-20-21-17(26-13)14-15(23)11(25-16(14)19)7-9-3-5-10(6-4-9)24-8-12(18)22/h3-7,14,19H,2,8H2,1H3,(H2,18,22). The van der Waals surface area contributed by atoms with Crippen molar-refractivity contribution in [2.24, 2.45) is 5.73 Å². The summed E-state index contributed by atoms with van der Waals surface area (Å²) in [5, 5.41) is 17.9. The summed E-state index contributed by atoms with van der Waals surface area (Å²) in [6.45, 7) is 1.79. The summed E-state index contributed by atoms with van der Waals surface area (Å²) in [5.74, 6) is -0.811. The smallest absolute Gasteiger partial charge is 0.255 e. The highest BCUT2D eigenvalue weighted by Crippen LogP contribution is 2.41. The number of aryl methyl sites for hydroxylation is 1. The maximum Gasteiger partial charge on any atom is 0.255 e. The van der Waals surface area contributed by atoms with Crippen LogP contribution < -0.4 is 10.5 Å². The lowest BCUT2D eigenvalue weighted by atomic mass is 10.1. The van der Waals surface area contributed by atoms with Gasteiger partial charge >= 0.3 is 0 Å². The fraction of sp³-hybridized carbons (Fsp3) is 0.235. The highest BCUT2D eigenvalue weighted by molar-refractivity contribution is 8.19. The third kappa shape index (κ3) is 4.00. The molecule has 1 fully saturated rings. The van der Waals surface area contributed by atoms with Crippen molar-refractivity contribution >= 4 is 45.9 Å². The summed E-state index contributed by atoms with van der Waals surface area (Å²) in [4.78, 5) is 23.9. The zero-order valence-electron chi connectivity index (χ0n) is 13.9. The Bertz CT molecular complexity index is 890. The van der Waals surface area contributed by atoms with Crippen LogP contribution in [0.25, 0.3) is 6.08 Å². The van der Waals surface area contributed by atoms with Crippen LogP contribution in [0.15, 0.2) is 29.2 Å². The number of allylic oxidation sites excluding steroid dienone is 1. The van der Waals surface area contributed by atoms with Gasteiger partial charge in [0.15, 0.2) is 12.4 Å². The Morgan fingerprint density at radius 2 is 2.08 bits per heavy atom. The molecule has 1 aliphatic rings. The number of Topliss-reactive ketones (excluding diaryl/α,β-unsaturated/α-hetero) is 1. The molecular weight excluding hydrogens is 372 g/mol. The number of nitrogens with two attached hydrogens (primary N) is 1. The number of nitrogens with one attached hydrogen (secondary N) is 1. The van der Waals surface area contributed by atoms with Crippen LogP contribution >= 0.6 is 23.1 Å². The molecule has 3 N–H and O–H groups in total. The van der Waals surface area contributed by atoms with Crippen LogP contribution in [-0.2, 0) is 16.0 Å². The number of thioether (sulfide) groups is 1. The van der Waals surface area contributed by atoms with Crippen molar-refractivity contribution < 1.29 is 14.3 Å². The first kappa shape index (κ1) is 18.3. The highest BCUT2D eigenvalue weighted by atomic mass is 32.2.